The van der Waals surface area contributed by atoms with E-state index in [2.05, 4.69) is 10.1 Å². The topological polar surface area (TPSA) is 74.5 Å². The van der Waals surface area contributed by atoms with Crippen molar-refractivity contribution in [3.8, 4) is 11.5 Å². The van der Waals surface area contributed by atoms with Gasteiger partial charge in [0.25, 0.3) is 5.91 Å². The molecule has 2 aromatic carbocycles. The highest BCUT2D eigenvalue weighted by Gasteiger charge is 2.28. The molecule has 1 fully saturated rings. The minimum absolute atomic E-state index is 0.0498. The number of hydrogen-bond donors (Lipinski definition) is 1. The molecule has 7 heteroatoms. The number of nitrogens with zero attached hydrogens (tertiary/aromatic N) is 3. The van der Waals surface area contributed by atoms with Crippen molar-refractivity contribution in [2.75, 3.05) is 12.9 Å². The smallest absolute Gasteiger partial charge is 0.259 e. The van der Waals surface area contributed by atoms with Gasteiger partial charge in [-0.05, 0) is 35.9 Å². The highest BCUT2D eigenvalue weighted by Crippen LogP contribution is 2.26. The molecular formula is C17H15N3O3S. The first-order valence-corrected chi connectivity index (χ1v) is 8.16. The Morgan fingerprint density at radius 1 is 1.25 bits per heavy atom. The maximum atomic E-state index is 12.0. The van der Waals surface area contributed by atoms with E-state index in [-0.39, 0.29) is 11.7 Å². The van der Waals surface area contributed by atoms with Crippen LogP contribution in [0.2, 0.25) is 0 Å². The number of phenols is 1. The fraction of sp³-hybridized carbons (Fsp3) is 0.118. The summed E-state index contributed by atoms with van der Waals surface area (Å²) in [5, 5.41) is 15.7. The first-order chi connectivity index (χ1) is 11.7. The summed E-state index contributed by atoms with van der Waals surface area (Å²) in [5.74, 6) is 0.576. The average Bonchev–Trinajstić information content (AvgIpc) is 2.95. The van der Waals surface area contributed by atoms with Crippen LogP contribution in [-0.4, -0.2) is 40.3 Å². The van der Waals surface area contributed by atoms with Crippen LogP contribution in [0.15, 0.2) is 58.6 Å². The number of thioether (sulfide) groups is 1. The van der Waals surface area contributed by atoms with E-state index in [1.54, 1.807) is 12.1 Å². The van der Waals surface area contributed by atoms with Crippen molar-refractivity contribution in [2.24, 2.45) is 10.1 Å². The Balaban J connectivity index is 1.84. The van der Waals surface area contributed by atoms with Crippen LogP contribution >= 0.6 is 11.8 Å². The summed E-state index contributed by atoms with van der Waals surface area (Å²) in [6, 6.07) is 14.2. The zero-order valence-electron chi connectivity index (χ0n) is 12.9. The van der Waals surface area contributed by atoms with Gasteiger partial charge in [-0.25, -0.2) is 4.99 Å². The molecule has 1 N–H and O–H groups in total. The van der Waals surface area contributed by atoms with Crippen molar-refractivity contribution < 1.29 is 14.6 Å². The number of amides is 1. The number of carbonyl (C=O) groups excluding carboxylic acids is 1. The molecule has 1 saturated heterocycles. The molecule has 0 radical (unpaired) electrons. The molecule has 1 aliphatic rings. The van der Waals surface area contributed by atoms with E-state index in [9.17, 15) is 9.90 Å². The summed E-state index contributed by atoms with van der Waals surface area (Å²) >= 11 is 1.35. The lowest BCUT2D eigenvalue weighted by atomic mass is 10.2. The van der Waals surface area contributed by atoms with E-state index in [1.807, 2.05) is 30.3 Å². The summed E-state index contributed by atoms with van der Waals surface area (Å²) in [6.45, 7) is 0. The van der Waals surface area contributed by atoms with Gasteiger partial charge in [0.2, 0.25) is 0 Å². The molecule has 0 bridgehead atoms. The predicted octanol–water partition coefficient (Wildman–Crippen LogP) is 3.00. The summed E-state index contributed by atoms with van der Waals surface area (Å²) in [7, 11) is 1.47. The van der Waals surface area contributed by atoms with Crippen LogP contribution in [0.1, 0.15) is 5.56 Å². The number of aromatic hydroxyl groups is 1. The number of methoxy groups -OCH3 is 1. The third-order valence-electron chi connectivity index (χ3n) is 3.25. The molecule has 0 atom stereocenters. The van der Waals surface area contributed by atoms with Gasteiger partial charge in [-0.1, -0.05) is 30.0 Å². The van der Waals surface area contributed by atoms with Gasteiger partial charge in [0.15, 0.2) is 16.7 Å². The van der Waals surface area contributed by atoms with Crippen molar-refractivity contribution in [1.82, 2.24) is 5.01 Å². The number of ether oxygens (including phenoxy) is 1. The molecule has 0 aliphatic carbocycles. The van der Waals surface area contributed by atoms with Gasteiger partial charge in [0.1, 0.15) is 0 Å². The number of rotatable bonds is 4. The van der Waals surface area contributed by atoms with Crippen molar-refractivity contribution >= 4 is 34.7 Å². The van der Waals surface area contributed by atoms with Crippen LogP contribution in [0.4, 0.5) is 5.69 Å². The van der Waals surface area contributed by atoms with Gasteiger partial charge >= 0.3 is 0 Å². The van der Waals surface area contributed by atoms with Crippen molar-refractivity contribution in [1.29, 1.82) is 0 Å². The van der Waals surface area contributed by atoms with E-state index in [1.165, 1.54) is 36.2 Å². The third kappa shape index (κ3) is 3.57. The van der Waals surface area contributed by atoms with Crippen molar-refractivity contribution in [2.45, 2.75) is 0 Å². The number of hydrogen-bond acceptors (Lipinski definition) is 6. The van der Waals surface area contributed by atoms with Crippen LogP contribution in [0.5, 0.6) is 11.5 Å². The van der Waals surface area contributed by atoms with Gasteiger partial charge in [-0.2, -0.15) is 10.1 Å². The lowest BCUT2D eigenvalue weighted by molar-refractivity contribution is -0.124. The molecule has 3 rings (SSSR count). The van der Waals surface area contributed by atoms with E-state index in [0.717, 1.165) is 5.69 Å². The molecule has 0 unspecified atom stereocenters. The van der Waals surface area contributed by atoms with Gasteiger partial charge in [-0.3, -0.25) is 4.79 Å². The zero-order chi connectivity index (χ0) is 16.9. The number of amidine groups is 1. The third-order valence-corrected chi connectivity index (χ3v) is 4.16. The number of benzene rings is 2. The molecule has 24 heavy (non-hydrogen) atoms. The maximum Gasteiger partial charge on any atom is 0.259 e. The number of aliphatic imine (C=N–C) groups is 1. The summed E-state index contributed by atoms with van der Waals surface area (Å²) < 4.78 is 5.06. The zero-order valence-corrected chi connectivity index (χ0v) is 13.7. The second-order valence-electron chi connectivity index (χ2n) is 4.90. The number of phenolic OH excluding ortho intramolecular Hbond substituents is 1. The second kappa shape index (κ2) is 7.18. The standard InChI is InChI=1S/C17H15N3O3S/c1-23-15-9-12(7-8-14(15)21)10-18-20-16(22)11-24-17(20)19-13-5-3-2-4-6-13/h2-10,21H,11H2,1H3/b18-10-,19-17?. The molecule has 1 aliphatic heterocycles. The van der Waals surface area contributed by atoms with Crippen LogP contribution < -0.4 is 4.74 Å². The van der Waals surface area contributed by atoms with Crippen molar-refractivity contribution in [3.05, 3.63) is 54.1 Å². The monoisotopic (exact) mass is 341 g/mol. The van der Waals surface area contributed by atoms with Gasteiger partial charge < -0.3 is 9.84 Å². The van der Waals surface area contributed by atoms with E-state index in [0.29, 0.717) is 22.2 Å². The highest BCUT2D eigenvalue weighted by atomic mass is 32.2. The summed E-state index contributed by atoms with van der Waals surface area (Å²) in [6.07, 6.45) is 1.53. The Kier molecular flexibility index (Phi) is 4.81. The molecular weight excluding hydrogens is 326 g/mol. The SMILES string of the molecule is COc1cc(/C=N\N2C(=O)CSC2=Nc2ccccc2)ccc1O. The lowest BCUT2D eigenvalue weighted by Gasteiger charge is -2.09. The molecule has 0 aromatic heterocycles. The molecule has 2 aromatic rings. The number of carbonyl (C=O) groups is 1. The van der Waals surface area contributed by atoms with E-state index < -0.39 is 0 Å². The quantitative estimate of drug-likeness (QED) is 0.868. The molecule has 122 valence electrons. The predicted molar refractivity (Wildman–Crippen MR) is 95.1 cm³/mol. The molecule has 1 amide bonds. The highest BCUT2D eigenvalue weighted by molar-refractivity contribution is 8.15. The fourth-order valence-electron chi connectivity index (χ4n) is 2.06. The van der Waals surface area contributed by atoms with Crippen LogP contribution in [0.3, 0.4) is 0 Å². The molecule has 1 heterocycles. The fourth-order valence-corrected chi connectivity index (χ4v) is 2.88. The van der Waals surface area contributed by atoms with Crippen LogP contribution in [-0.2, 0) is 4.79 Å². The van der Waals surface area contributed by atoms with Gasteiger partial charge in [0, 0.05) is 0 Å². The first-order valence-electron chi connectivity index (χ1n) is 7.18. The molecule has 0 spiro atoms. The second-order valence-corrected chi connectivity index (χ2v) is 5.84. The average molecular weight is 341 g/mol. The van der Waals surface area contributed by atoms with Crippen LogP contribution in [0, 0.1) is 0 Å². The van der Waals surface area contributed by atoms with Gasteiger partial charge in [0.05, 0.1) is 24.8 Å². The number of hydrazone groups is 1. The van der Waals surface area contributed by atoms with Crippen molar-refractivity contribution in [3.63, 3.8) is 0 Å². The van der Waals surface area contributed by atoms with Crippen LogP contribution in [0.25, 0.3) is 0 Å². The minimum atomic E-state index is -0.128. The van der Waals surface area contributed by atoms with E-state index in [4.69, 9.17) is 4.74 Å². The Morgan fingerprint density at radius 3 is 2.79 bits per heavy atom. The number of para-hydroxylation sites is 1. The summed E-state index contributed by atoms with van der Waals surface area (Å²) in [5.41, 5.74) is 1.47. The Morgan fingerprint density at radius 2 is 2.04 bits per heavy atom. The minimum Gasteiger partial charge on any atom is -0.504 e. The normalized spacial score (nSPS) is 16.3. The Labute approximate surface area is 143 Å². The maximum absolute atomic E-state index is 12.0. The molecule has 0 saturated carbocycles. The van der Waals surface area contributed by atoms with Gasteiger partial charge in [-0.15, -0.1) is 0 Å². The Bertz CT molecular complexity index is 806. The first kappa shape index (κ1) is 16.1. The largest absolute Gasteiger partial charge is 0.504 e. The van der Waals surface area contributed by atoms with E-state index >= 15 is 0 Å². The lowest BCUT2D eigenvalue weighted by Crippen LogP contribution is -2.23. The summed E-state index contributed by atoms with van der Waals surface area (Å²) in [4.78, 5) is 16.5. The Hall–Kier alpha value is -2.80. The molecule has 6 nitrogen and oxygen atoms in total.